The minimum atomic E-state index is -0.878. The predicted molar refractivity (Wildman–Crippen MR) is 135 cm³/mol. The molecule has 0 heterocycles. The maximum absolute atomic E-state index is 13.4. The number of carboxylic acid groups (broad SMARTS) is 1. The molecule has 0 fully saturated rings. The van der Waals surface area contributed by atoms with Crippen molar-refractivity contribution in [2.75, 3.05) is 19.7 Å². The third-order valence-corrected chi connectivity index (χ3v) is 6.94. The van der Waals surface area contributed by atoms with E-state index in [0.717, 1.165) is 22.3 Å². The van der Waals surface area contributed by atoms with Crippen LogP contribution in [0.3, 0.4) is 0 Å². The molecule has 35 heavy (non-hydrogen) atoms. The Labute approximate surface area is 207 Å². The van der Waals surface area contributed by atoms with Gasteiger partial charge >= 0.3 is 12.1 Å². The van der Waals surface area contributed by atoms with E-state index in [1.165, 1.54) is 0 Å². The van der Waals surface area contributed by atoms with Crippen molar-refractivity contribution in [1.82, 2.24) is 10.2 Å². The molecule has 7 nitrogen and oxygen atoms in total. The minimum Gasteiger partial charge on any atom is -0.481 e. The first-order chi connectivity index (χ1) is 16.7. The van der Waals surface area contributed by atoms with Crippen molar-refractivity contribution in [3.8, 4) is 11.1 Å². The van der Waals surface area contributed by atoms with E-state index in [9.17, 15) is 14.4 Å². The van der Waals surface area contributed by atoms with Crippen molar-refractivity contribution in [1.29, 1.82) is 0 Å². The highest BCUT2D eigenvalue weighted by molar-refractivity contribution is 5.84. The van der Waals surface area contributed by atoms with Gasteiger partial charge in [-0.05, 0) is 55.9 Å². The molecular weight excluding hydrogens is 444 g/mol. The lowest BCUT2D eigenvalue weighted by Crippen LogP contribution is -2.50. The Morgan fingerprint density at radius 1 is 1.06 bits per heavy atom. The van der Waals surface area contributed by atoms with E-state index in [4.69, 9.17) is 9.84 Å². The van der Waals surface area contributed by atoms with Crippen molar-refractivity contribution < 1.29 is 24.2 Å². The lowest BCUT2D eigenvalue weighted by atomic mass is 9.85. The molecule has 2 N–H and O–H groups in total. The molecule has 2 aromatic rings. The largest absolute Gasteiger partial charge is 0.481 e. The molecule has 1 unspecified atom stereocenters. The number of hydrogen-bond acceptors (Lipinski definition) is 4. The highest BCUT2D eigenvalue weighted by atomic mass is 16.5. The average molecular weight is 481 g/mol. The van der Waals surface area contributed by atoms with Crippen LogP contribution in [-0.4, -0.2) is 53.7 Å². The van der Waals surface area contributed by atoms with Crippen LogP contribution in [0.4, 0.5) is 4.79 Å². The van der Waals surface area contributed by atoms with Crippen LogP contribution in [0.25, 0.3) is 11.1 Å². The molecular formula is C28H36N2O5. The smallest absolute Gasteiger partial charge is 0.407 e. The van der Waals surface area contributed by atoms with Crippen LogP contribution in [-0.2, 0) is 14.3 Å². The number of carboxylic acids is 1. The maximum atomic E-state index is 13.4. The number of nitrogens with one attached hydrogen (secondary N) is 1. The van der Waals surface area contributed by atoms with E-state index >= 15 is 0 Å². The number of fused-ring (bicyclic) bond motifs is 3. The van der Waals surface area contributed by atoms with E-state index in [0.29, 0.717) is 19.4 Å². The number of rotatable bonds is 11. The van der Waals surface area contributed by atoms with Crippen LogP contribution >= 0.6 is 0 Å². The molecule has 0 aromatic heterocycles. The van der Waals surface area contributed by atoms with Gasteiger partial charge in [0.05, 0.1) is 5.41 Å². The molecule has 2 aromatic carbocycles. The summed E-state index contributed by atoms with van der Waals surface area (Å²) < 4.78 is 5.62. The molecule has 0 aliphatic heterocycles. The summed E-state index contributed by atoms with van der Waals surface area (Å²) in [6.07, 6.45) is 0.370. The number of carbonyl (C=O) groups is 3. The Kier molecular flexibility index (Phi) is 8.54. The Morgan fingerprint density at radius 2 is 1.63 bits per heavy atom. The summed E-state index contributed by atoms with van der Waals surface area (Å²) in [5, 5.41) is 11.7. The van der Waals surface area contributed by atoms with Gasteiger partial charge in [-0.3, -0.25) is 9.59 Å². The molecule has 1 aliphatic rings. The number of carbonyl (C=O) groups excluding carboxylic acids is 2. The van der Waals surface area contributed by atoms with E-state index < -0.39 is 17.5 Å². The molecule has 188 valence electrons. The van der Waals surface area contributed by atoms with Gasteiger partial charge in [-0.25, -0.2) is 4.79 Å². The van der Waals surface area contributed by atoms with E-state index in [1.54, 1.807) is 4.90 Å². The predicted octanol–water partition coefficient (Wildman–Crippen LogP) is 5.04. The molecule has 7 heteroatoms. The van der Waals surface area contributed by atoms with Gasteiger partial charge < -0.3 is 20.1 Å². The second-order valence-electron chi connectivity index (χ2n) is 9.68. The monoisotopic (exact) mass is 480 g/mol. The first-order valence-corrected chi connectivity index (χ1v) is 12.3. The van der Waals surface area contributed by atoms with Crippen molar-refractivity contribution in [2.24, 2.45) is 5.41 Å². The summed E-state index contributed by atoms with van der Waals surface area (Å²) in [5.74, 6) is -1.01. The fourth-order valence-electron chi connectivity index (χ4n) is 4.61. The van der Waals surface area contributed by atoms with E-state index in [1.807, 2.05) is 52.0 Å². The molecule has 1 aliphatic carbocycles. The summed E-state index contributed by atoms with van der Waals surface area (Å²) in [7, 11) is 0. The van der Waals surface area contributed by atoms with Crippen LogP contribution < -0.4 is 5.32 Å². The van der Waals surface area contributed by atoms with Gasteiger partial charge in [0, 0.05) is 31.5 Å². The van der Waals surface area contributed by atoms with Gasteiger partial charge in [0.1, 0.15) is 6.61 Å². The number of hydrogen-bond donors (Lipinski definition) is 2. The molecule has 3 rings (SSSR count). The van der Waals surface area contributed by atoms with Gasteiger partial charge in [-0.15, -0.1) is 0 Å². The maximum Gasteiger partial charge on any atom is 0.407 e. The zero-order valence-electron chi connectivity index (χ0n) is 21.0. The highest BCUT2D eigenvalue weighted by Crippen LogP contribution is 2.44. The van der Waals surface area contributed by atoms with Gasteiger partial charge in [0.15, 0.2) is 0 Å². The fourth-order valence-corrected chi connectivity index (χ4v) is 4.61. The minimum absolute atomic E-state index is 0.0112. The molecule has 0 saturated heterocycles. The highest BCUT2D eigenvalue weighted by Gasteiger charge is 2.37. The Hall–Kier alpha value is -3.35. The summed E-state index contributed by atoms with van der Waals surface area (Å²) in [6, 6.07) is 16.2. The van der Waals surface area contributed by atoms with Gasteiger partial charge in [0.25, 0.3) is 0 Å². The Bertz CT molecular complexity index is 1020. The third kappa shape index (κ3) is 6.02. The van der Waals surface area contributed by atoms with Crippen LogP contribution in [0.2, 0.25) is 0 Å². The van der Waals surface area contributed by atoms with Crippen molar-refractivity contribution in [3.63, 3.8) is 0 Å². The number of ether oxygens (including phenoxy) is 1. The molecule has 1 atom stereocenters. The number of aliphatic carboxylic acids is 1. The third-order valence-electron chi connectivity index (χ3n) is 6.94. The zero-order chi connectivity index (χ0) is 25.6. The first kappa shape index (κ1) is 26.3. The summed E-state index contributed by atoms with van der Waals surface area (Å²) in [5.41, 5.74) is 3.79. The van der Waals surface area contributed by atoms with Gasteiger partial charge in [0.2, 0.25) is 5.91 Å². The standard InChI is InChI=1S/C28H36N2O5/c1-5-28(4,26(33)30(19(2)3)16-10-15-25(31)32)18-29-27(34)35-17-24-22-13-8-6-11-20(22)21-12-7-9-14-23(21)24/h6-9,11-14,19,24H,5,10,15-18H2,1-4H3,(H,29,34)(H,31,32). The zero-order valence-corrected chi connectivity index (χ0v) is 21.0. The van der Waals surface area contributed by atoms with Crippen LogP contribution in [0.1, 0.15) is 64.0 Å². The molecule has 0 spiro atoms. The molecule has 0 saturated carbocycles. The molecule has 0 radical (unpaired) electrons. The summed E-state index contributed by atoms with van der Waals surface area (Å²) in [6.45, 7) is 8.27. The summed E-state index contributed by atoms with van der Waals surface area (Å²) in [4.78, 5) is 38.6. The van der Waals surface area contributed by atoms with Crippen molar-refractivity contribution in [2.45, 2.75) is 58.9 Å². The summed E-state index contributed by atoms with van der Waals surface area (Å²) >= 11 is 0. The van der Waals surface area contributed by atoms with E-state index in [2.05, 4.69) is 29.6 Å². The quantitative estimate of drug-likeness (QED) is 0.470. The van der Waals surface area contributed by atoms with Gasteiger partial charge in [-0.2, -0.15) is 0 Å². The normalized spacial score (nSPS) is 14.1. The second-order valence-corrected chi connectivity index (χ2v) is 9.68. The number of alkyl carbamates (subject to hydrolysis) is 1. The number of benzene rings is 2. The topological polar surface area (TPSA) is 95.9 Å². The fraction of sp³-hybridized carbons (Fsp3) is 0.464. The Morgan fingerprint density at radius 3 is 2.14 bits per heavy atom. The lowest BCUT2D eigenvalue weighted by molar-refractivity contribution is -0.144. The number of nitrogens with zero attached hydrogens (tertiary/aromatic N) is 1. The van der Waals surface area contributed by atoms with Crippen LogP contribution in [0.15, 0.2) is 48.5 Å². The SMILES string of the molecule is CCC(C)(CNC(=O)OCC1c2ccccc2-c2ccccc21)C(=O)N(CCCC(=O)O)C(C)C. The van der Waals surface area contributed by atoms with Crippen molar-refractivity contribution >= 4 is 18.0 Å². The van der Waals surface area contributed by atoms with Crippen molar-refractivity contribution in [3.05, 3.63) is 59.7 Å². The second kappa shape index (κ2) is 11.4. The van der Waals surface area contributed by atoms with E-state index in [-0.39, 0.29) is 37.4 Å². The van der Waals surface area contributed by atoms with Gasteiger partial charge in [-0.1, -0.05) is 55.5 Å². The molecule has 0 bridgehead atoms. The average Bonchev–Trinajstić information content (AvgIpc) is 3.16. The molecule has 2 amide bonds. The lowest BCUT2D eigenvalue weighted by Gasteiger charge is -2.36. The number of amides is 2. The Balaban J connectivity index is 1.60. The first-order valence-electron chi connectivity index (χ1n) is 12.3. The van der Waals surface area contributed by atoms with Crippen LogP contribution in [0.5, 0.6) is 0 Å². The van der Waals surface area contributed by atoms with Crippen LogP contribution in [0, 0.1) is 5.41 Å².